The van der Waals surface area contributed by atoms with Crippen LogP contribution in [0, 0.1) is 12.8 Å². The number of halogens is 1. The number of nitrogens with one attached hydrogen (secondary N) is 2. The molecule has 0 spiro atoms. The topological polar surface area (TPSA) is 49.3 Å². The molecule has 2 rings (SSSR count). The van der Waals surface area contributed by atoms with Crippen LogP contribution in [-0.4, -0.2) is 23.5 Å². The summed E-state index contributed by atoms with van der Waals surface area (Å²) in [5, 5.41) is 6.91. The van der Waals surface area contributed by atoms with Crippen LogP contribution in [-0.2, 0) is 6.54 Å². The molecule has 5 heteroatoms. The predicted octanol–water partition coefficient (Wildman–Crippen LogP) is 3.64. The summed E-state index contributed by atoms with van der Waals surface area (Å²) in [6, 6.07) is 6.64. The highest BCUT2D eigenvalue weighted by atomic mass is 127. The fourth-order valence-electron chi connectivity index (χ4n) is 2.77. The summed E-state index contributed by atoms with van der Waals surface area (Å²) < 4.78 is 0. The maximum absolute atomic E-state index is 4.67. The Morgan fingerprint density at radius 1 is 1.27 bits per heavy atom. The summed E-state index contributed by atoms with van der Waals surface area (Å²) in [5.41, 5.74) is 2.06. The molecule has 0 atom stereocenters. The Kier molecular flexibility index (Phi) is 8.75. The monoisotopic (exact) mass is 416 g/mol. The van der Waals surface area contributed by atoms with Crippen molar-refractivity contribution in [2.75, 3.05) is 6.54 Å². The van der Waals surface area contributed by atoms with E-state index in [9.17, 15) is 0 Å². The van der Waals surface area contributed by atoms with E-state index in [1.807, 2.05) is 25.1 Å². The molecule has 0 bridgehead atoms. The molecule has 1 aliphatic rings. The van der Waals surface area contributed by atoms with Gasteiger partial charge < -0.3 is 10.6 Å². The van der Waals surface area contributed by atoms with Crippen molar-refractivity contribution in [3.8, 4) is 0 Å². The first-order valence-corrected chi connectivity index (χ1v) is 8.14. The number of hydrogen-bond donors (Lipinski definition) is 2. The Morgan fingerprint density at radius 2 is 2.00 bits per heavy atom. The van der Waals surface area contributed by atoms with Crippen LogP contribution in [0.5, 0.6) is 0 Å². The van der Waals surface area contributed by atoms with Crippen LogP contribution in [0.25, 0.3) is 0 Å². The lowest BCUT2D eigenvalue weighted by Crippen LogP contribution is -2.44. The second-order valence-corrected chi connectivity index (χ2v) is 6.07. The average Bonchev–Trinajstić information content (AvgIpc) is 2.47. The largest absolute Gasteiger partial charge is 0.357 e. The van der Waals surface area contributed by atoms with Crippen LogP contribution in [0.4, 0.5) is 0 Å². The lowest BCUT2D eigenvalue weighted by molar-refractivity contribution is 0.329. The van der Waals surface area contributed by atoms with Crippen LogP contribution in [0.3, 0.4) is 0 Å². The van der Waals surface area contributed by atoms with E-state index in [-0.39, 0.29) is 24.0 Å². The molecule has 4 nitrogen and oxygen atoms in total. The van der Waals surface area contributed by atoms with Gasteiger partial charge in [0.05, 0.1) is 12.2 Å². The van der Waals surface area contributed by atoms with Crippen molar-refractivity contribution in [3.63, 3.8) is 0 Å². The fraction of sp³-hybridized carbons (Fsp3) is 0.647. The van der Waals surface area contributed by atoms with Crippen molar-refractivity contribution in [2.24, 2.45) is 10.9 Å². The molecule has 0 aliphatic heterocycles. The highest BCUT2D eigenvalue weighted by Gasteiger charge is 2.18. The molecule has 1 fully saturated rings. The Hall–Kier alpha value is -0.850. The van der Waals surface area contributed by atoms with Crippen molar-refractivity contribution in [3.05, 3.63) is 29.6 Å². The van der Waals surface area contributed by atoms with Gasteiger partial charge in [0.25, 0.3) is 0 Å². The van der Waals surface area contributed by atoms with E-state index in [1.165, 1.54) is 25.7 Å². The van der Waals surface area contributed by atoms with Gasteiger partial charge in [-0.15, -0.1) is 24.0 Å². The van der Waals surface area contributed by atoms with Crippen molar-refractivity contribution in [1.82, 2.24) is 15.6 Å². The van der Waals surface area contributed by atoms with Gasteiger partial charge in [0.1, 0.15) is 0 Å². The van der Waals surface area contributed by atoms with Crippen molar-refractivity contribution < 1.29 is 0 Å². The predicted molar refractivity (Wildman–Crippen MR) is 104 cm³/mol. The number of aryl methyl sites for hydroxylation is 1. The second kappa shape index (κ2) is 10.0. The van der Waals surface area contributed by atoms with Crippen LogP contribution in [0.15, 0.2) is 23.2 Å². The lowest BCUT2D eigenvalue weighted by atomic mass is 9.87. The molecule has 0 aromatic carbocycles. The zero-order chi connectivity index (χ0) is 15.1. The first kappa shape index (κ1) is 19.2. The highest BCUT2D eigenvalue weighted by Crippen LogP contribution is 2.23. The Labute approximate surface area is 151 Å². The molecule has 1 saturated carbocycles. The van der Waals surface area contributed by atoms with Gasteiger partial charge in [-0.25, -0.2) is 4.99 Å². The van der Waals surface area contributed by atoms with Gasteiger partial charge in [0, 0.05) is 18.3 Å². The molecular formula is C17H29IN4. The maximum Gasteiger partial charge on any atom is 0.191 e. The van der Waals surface area contributed by atoms with Crippen LogP contribution >= 0.6 is 24.0 Å². The first-order chi connectivity index (χ1) is 10.2. The zero-order valence-electron chi connectivity index (χ0n) is 13.9. The lowest BCUT2D eigenvalue weighted by Gasteiger charge is -2.28. The third kappa shape index (κ3) is 6.50. The molecule has 1 aliphatic carbocycles. The number of aliphatic imine (C=N–C) groups is 1. The highest BCUT2D eigenvalue weighted by molar-refractivity contribution is 14.0. The zero-order valence-corrected chi connectivity index (χ0v) is 16.3. The summed E-state index contributed by atoms with van der Waals surface area (Å²) in [4.78, 5) is 9.17. The Bertz CT molecular complexity index is 467. The van der Waals surface area contributed by atoms with Crippen LogP contribution < -0.4 is 10.6 Å². The van der Waals surface area contributed by atoms with Gasteiger partial charge in [-0.1, -0.05) is 13.0 Å². The minimum absolute atomic E-state index is 0. The van der Waals surface area contributed by atoms with E-state index in [2.05, 4.69) is 34.5 Å². The Morgan fingerprint density at radius 3 is 2.64 bits per heavy atom. The summed E-state index contributed by atoms with van der Waals surface area (Å²) in [7, 11) is 0. The van der Waals surface area contributed by atoms with Gasteiger partial charge >= 0.3 is 0 Å². The molecule has 1 heterocycles. The van der Waals surface area contributed by atoms with Gasteiger partial charge in [-0.05, 0) is 57.6 Å². The quantitative estimate of drug-likeness (QED) is 0.448. The third-order valence-electron chi connectivity index (χ3n) is 4.05. The van der Waals surface area contributed by atoms with E-state index in [1.54, 1.807) is 0 Å². The summed E-state index contributed by atoms with van der Waals surface area (Å²) >= 11 is 0. The number of aromatic nitrogens is 1. The molecule has 0 saturated heterocycles. The maximum atomic E-state index is 4.67. The summed E-state index contributed by atoms with van der Waals surface area (Å²) in [6.45, 7) is 7.97. The minimum Gasteiger partial charge on any atom is -0.357 e. The van der Waals surface area contributed by atoms with E-state index < -0.39 is 0 Å². The minimum atomic E-state index is 0. The second-order valence-electron chi connectivity index (χ2n) is 6.07. The van der Waals surface area contributed by atoms with Gasteiger partial charge in [0.2, 0.25) is 0 Å². The number of guanidine groups is 1. The molecule has 0 radical (unpaired) electrons. The van der Waals surface area contributed by atoms with Gasteiger partial charge in [-0.3, -0.25) is 4.98 Å². The van der Waals surface area contributed by atoms with Crippen molar-refractivity contribution >= 4 is 29.9 Å². The molecule has 1 aromatic rings. The van der Waals surface area contributed by atoms with E-state index in [0.717, 1.165) is 29.8 Å². The number of pyridine rings is 1. The summed E-state index contributed by atoms with van der Waals surface area (Å²) in [6.07, 6.45) is 5.12. The standard InChI is InChI=1S/C17H28N4.HI/c1-4-18-17(21-15-10-8-13(2)9-11-15)19-12-16-7-5-6-14(3)20-16;/h5-7,13,15H,4,8-12H2,1-3H3,(H2,18,19,21);1H. The molecule has 2 N–H and O–H groups in total. The molecule has 1 aromatic heterocycles. The Balaban J connectivity index is 0.00000242. The number of nitrogens with zero attached hydrogens (tertiary/aromatic N) is 2. The van der Waals surface area contributed by atoms with Crippen LogP contribution in [0.1, 0.15) is 50.9 Å². The third-order valence-corrected chi connectivity index (χ3v) is 4.05. The number of rotatable bonds is 4. The van der Waals surface area contributed by atoms with Gasteiger partial charge in [-0.2, -0.15) is 0 Å². The molecule has 0 unspecified atom stereocenters. The SMILES string of the molecule is CCNC(=NCc1cccc(C)n1)NC1CCC(C)CC1.I. The molecule has 0 amide bonds. The number of hydrogen-bond acceptors (Lipinski definition) is 2. The average molecular weight is 416 g/mol. The molecular weight excluding hydrogens is 387 g/mol. The normalized spacial score (nSPS) is 21.9. The first-order valence-electron chi connectivity index (χ1n) is 8.14. The van der Waals surface area contributed by atoms with E-state index in [4.69, 9.17) is 0 Å². The van der Waals surface area contributed by atoms with Gasteiger partial charge in [0.15, 0.2) is 5.96 Å². The fourth-order valence-corrected chi connectivity index (χ4v) is 2.77. The van der Waals surface area contributed by atoms with Crippen molar-refractivity contribution in [2.45, 2.75) is 59.0 Å². The summed E-state index contributed by atoms with van der Waals surface area (Å²) in [5.74, 6) is 1.79. The van der Waals surface area contributed by atoms with Crippen molar-refractivity contribution in [1.29, 1.82) is 0 Å². The molecule has 22 heavy (non-hydrogen) atoms. The smallest absolute Gasteiger partial charge is 0.191 e. The van der Waals surface area contributed by atoms with E-state index in [0.29, 0.717) is 12.6 Å². The molecule has 124 valence electrons. The van der Waals surface area contributed by atoms with Crippen LogP contribution in [0.2, 0.25) is 0 Å². The van der Waals surface area contributed by atoms with E-state index >= 15 is 0 Å².